The third kappa shape index (κ3) is 7.18. The van der Waals surface area contributed by atoms with Crippen LogP contribution in [-0.2, 0) is 9.59 Å². The SMILES string of the molecule is C[C@H](NC(=O)C(c1cncc(F)c1)N(C(=O)[C@H]1C[C@@](C)(O)CN1)c1ccc(S(F)(F)(F)(F)F)cc1)c1ccccc1. The Morgan fingerprint density at radius 1 is 1.05 bits per heavy atom. The number of anilines is 1. The number of β-amino-alcohol motifs (C(OH)–C–C–N with tert-alkyl or cyclic N) is 1. The summed E-state index contributed by atoms with van der Waals surface area (Å²) in [5.74, 6) is -2.56. The Bertz CT molecular complexity index is 1440. The fraction of sp³-hybridized carbons (Fsp3) is 0.296. The van der Waals surface area contributed by atoms with Gasteiger partial charge in [0.1, 0.15) is 16.8 Å². The second-order valence-electron chi connectivity index (χ2n) is 10.3. The summed E-state index contributed by atoms with van der Waals surface area (Å²) in [6, 6.07) is 7.76. The molecule has 41 heavy (non-hydrogen) atoms. The van der Waals surface area contributed by atoms with E-state index >= 15 is 0 Å². The Balaban J connectivity index is 1.83. The largest absolute Gasteiger partial charge is 0.389 e. The number of aromatic nitrogens is 1. The lowest BCUT2D eigenvalue weighted by molar-refractivity contribution is -0.127. The fourth-order valence-corrected chi connectivity index (χ4v) is 5.30. The van der Waals surface area contributed by atoms with Gasteiger partial charge in [0.15, 0.2) is 0 Å². The minimum atomic E-state index is -10.1. The highest BCUT2D eigenvalue weighted by Crippen LogP contribution is 3.02. The van der Waals surface area contributed by atoms with Crippen LogP contribution in [0.3, 0.4) is 0 Å². The van der Waals surface area contributed by atoms with Gasteiger partial charge >= 0.3 is 10.2 Å². The first-order chi connectivity index (χ1) is 18.8. The summed E-state index contributed by atoms with van der Waals surface area (Å²) in [5.41, 5.74) is -1.11. The van der Waals surface area contributed by atoms with Crippen molar-refractivity contribution in [2.24, 2.45) is 0 Å². The molecule has 0 bridgehead atoms. The van der Waals surface area contributed by atoms with Gasteiger partial charge in [0, 0.05) is 30.4 Å². The smallest absolute Gasteiger partial charge is 0.310 e. The summed E-state index contributed by atoms with van der Waals surface area (Å²) < 4.78 is 81.5. The van der Waals surface area contributed by atoms with Crippen LogP contribution in [-0.4, -0.2) is 40.1 Å². The molecule has 1 aromatic heterocycles. The molecule has 4 rings (SSSR count). The lowest BCUT2D eigenvalue weighted by Gasteiger charge is -2.41. The quantitative estimate of drug-likeness (QED) is 0.278. The van der Waals surface area contributed by atoms with Crippen molar-refractivity contribution in [2.45, 2.75) is 48.9 Å². The van der Waals surface area contributed by atoms with Crippen molar-refractivity contribution >= 4 is 27.7 Å². The van der Waals surface area contributed by atoms with E-state index in [1.165, 1.54) is 6.92 Å². The van der Waals surface area contributed by atoms with Gasteiger partial charge in [-0.1, -0.05) is 49.8 Å². The van der Waals surface area contributed by atoms with E-state index in [4.69, 9.17) is 0 Å². The minimum absolute atomic E-state index is 0.0101. The van der Waals surface area contributed by atoms with E-state index in [0.29, 0.717) is 17.7 Å². The standard InChI is InChI=1S/C27H28F6N4O3S/c1-17(18-6-4-3-5-7-18)36-25(38)24(19-12-20(28)15-34-14-19)37(26(39)23-13-27(2,40)16-35-23)21-8-10-22(11-9-21)41(29,30,31,32)33/h3-12,14-15,17,23-24,35,40H,13,16H2,1-2H3,(H,36,38)/t17-,23+,24?,27+/m0/s1. The van der Waals surface area contributed by atoms with E-state index < -0.39 is 56.5 Å². The molecule has 1 saturated heterocycles. The Hall–Kier alpha value is -3.62. The van der Waals surface area contributed by atoms with Crippen LogP contribution in [0.15, 0.2) is 78.0 Å². The van der Waals surface area contributed by atoms with Gasteiger partial charge in [-0.25, -0.2) is 4.39 Å². The highest BCUT2D eigenvalue weighted by molar-refractivity contribution is 8.45. The van der Waals surface area contributed by atoms with E-state index in [0.717, 1.165) is 23.4 Å². The van der Waals surface area contributed by atoms with Crippen LogP contribution in [0.5, 0.6) is 0 Å². The van der Waals surface area contributed by atoms with Crippen molar-refractivity contribution in [2.75, 3.05) is 11.4 Å². The summed E-state index contributed by atoms with van der Waals surface area (Å²) in [5, 5.41) is 16.0. The molecular weight excluding hydrogens is 574 g/mol. The lowest BCUT2D eigenvalue weighted by Crippen LogP contribution is -2.50. The zero-order valence-corrected chi connectivity index (χ0v) is 22.7. The number of aliphatic hydroxyl groups is 1. The Labute approximate surface area is 232 Å². The molecule has 0 radical (unpaired) electrons. The third-order valence-electron chi connectivity index (χ3n) is 6.68. The van der Waals surface area contributed by atoms with Gasteiger partial charge in [-0.05, 0) is 49.7 Å². The molecule has 0 aliphatic carbocycles. The van der Waals surface area contributed by atoms with Gasteiger partial charge in [-0.2, -0.15) is 0 Å². The summed E-state index contributed by atoms with van der Waals surface area (Å²) in [6.45, 7) is 3.10. The Kier molecular flexibility index (Phi) is 7.42. The van der Waals surface area contributed by atoms with Gasteiger partial charge in [0.05, 0.1) is 23.9 Å². The van der Waals surface area contributed by atoms with E-state index in [-0.39, 0.29) is 36.3 Å². The second kappa shape index (κ2) is 10.0. The van der Waals surface area contributed by atoms with E-state index in [1.807, 2.05) is 0 Å². The number of pyridine rings is 1. The molecule has 3 aromatic rings. The zero-order valence-electron chi connectivity index (χ0n) is 21.9. The van der Waals surface area contributed by atoms with E-state index in [1.54, 1.807) is 37.3 Å². The highest BCUT2D eigenvalue weighted by atomic mass is 32.5. The molecule has 7 nitrogen and oxygen atoms in total. The van der Waals surface area contributed by atoms with Crippen LogP contribution in [0, 0.1) is 5.82 Å². The summed E-state index contributed by atoms with van der Waals surface area (Å²) >= 11 is 0. The number of halogens is 6. The van der Waals surface area contributed by atoms with Crippen LogP contribution in [0.2, 0.25) is 0 Å². The van der Waals surface area contributed by atoms with Gasteiger partial charge in [-0.15, -0.1) is 0 Å². The molecule has 1 fully saturated rings. The van der Waals surface area contributed by atoms with Crippen LogP contribution in [0.1, 0.15) is 43.5 Å². The average molecular weight is 603 g/mol. The van der Waals surface area contributed by atoms with Crippen molar-refractivity contribution in [3.8, 4) is 0 Å². The predicted molar refractivity (Wildman–Crippen MR) is 142 cm³/mol. The normalized spacial score (nSPS) is 22.2. The number of hydrogen-bond acceptors (Lipinski definition) is 5. The number of carbonyl (C=O) groups is 2. The number of carbonyl (C=O) groups excluding carboxylic acids is 2. The molecule has 4 atom stereocenters. The molecule has 2 heterocycles. The first-order valence-corrected chi connectivity index (χ1v) is 14.4. The monoisotopic (exact) mass is 602 g/mol. The number of amides is 2. The third-order valence-corrected chi connectivity index (χ3v) is 7.84. The summed E-state index contributed by atoms with van der Waals surface area (Å²) in [6.07, 6.45) is 1.85. The van der Waals surface area contributed by atoms with E-state index in [2.05, 4.69) is 15.6 Å². The molecule has 3 N–H and O–H groups in total. The van der Waals surface area contributed by atoms with Gasteiger partial charge in [0.25, 0.3) is 0 Å². The number of benzene rings is 2. The van der Waals surface area contributed by atoms with Gasteiger partial charge < -0.3 is 15.7 Å². The second-order valence-corrected chi connectivity index (χ2v) is 12.7. The summed E-state index contributed by atoms with van der Waals surface area (Å²) in [7, 11) is -10.1. The molecule has 1 aliphatic heterocycles. The van der Waals surface area contributed by atoms with Crippen molar-refractivity contribution in [1.29, 1.82) is 0 Å². The topological polar surface area (TPSA) is 94.6 Å². The van der Waals surface area contributed by atoms with Gasteiger partial charge in [-0.3, -0.25) is 19.5 Å². The fourth-order valence-electron chi connectivity index (χ4n) is 4.65. The maximum atomic E-state index is 14.3. The molecule has 1 unspecified atom stereocenters. The lowest BCUT2D eigenvalue weighted by atomic mass is 9.99. The minimum Gasteiger partial charge on any atom is -0.389 e. The van der Waals surface area contributed by atoms with Crippen LogP contribution >= 0.6 is 10.2 Å². The summed E-state index contributed by atoms with van der Waals surface area (Å²) in [4.78, 5) is 30.1. The highest BCUT2D eigenvalue weighted by Gasteiger charge is 2.65. The maximum absolute atomic E-state index is 14.3. The van der Waals surface area contributed by atoms with Gasteiger partial charge in [0.2, 0.25) is 11.8 Å². The number of nitrogens with one attached hydrogen (secondary N) is 2. The molecule has 0 saturated carbocycles. The molecular formula is C27H28F6N4O3S. The van der Waals surface area contributed by atoms with Crippen molar-refractivity contribution in [3.63, 3.8) is 0 Å². The van der Waals surface area contributed by atoms with Crippen molar-refractivity contribution in [1.82, 2.24) is 15.6 Å². The number of rotatable bonds is 8. The first-order valence-electron chi connectivity index (χ1n) is 12.4. The van der Waals surface area contributed by atoms with Crippen molar-refractivity contribution in [3.05, 3.63) is 90.0 Å². The molecule has 2 amide bonds. The number of hydrogen-bond donors (Lipinski definition) is 3. The molecule has 1 aliphatic rings. The maximum Gasteiger partial charge on any atom is 0.310 e. The Morgan fingerprint density at radius 2 is 1.68 bits per heavy atom. The molecule has 2 aromatic carbocycles. The molecule has 0 spiro atoms. The average Bonchev–Trinajstić information content (AvgIpc) is 3.25. The molecule has 14 heteroatoms. The molecule has 222 valence electrons. The predicted octanol–water partition coefficient (Wildman–Crippen LogP) is 5.94. The Morgan fingerprint density at radius 3 is 2.22 bits per heavy atom. The van der Waals surface area contributed by atoms with Crippen LogP contribution in [0.4, 0.5) is 29.5 Å². The zero-order chi connectivity index (χ0) is 30.3. The van der Waals surface area contributed by atoms with Crippen molar-refractivity contribution < 1.29 is 38.5 Å². The number of nitrogens with zero attached hydrogens (tertiary/aromatic N) is 2. The van der Waals surface area contributed by atoms with E-state index in [9.17, 15) is 38.5 Å². The van der Waals surface area contributed by atoms with Crippen LogP contribution < -0.4 is 15.5 Å². The van der Waals surface area contributed by atoms with Crippen LogP contribution in [0.25, 0.3) is 0 Å². The first kappa shape index (κ1) is 30.3.